The van der Waals surface area contributed by atoms with Crippen LogP contribution in [0, 0.1) is 6.92 Å². The van der Waals surface area contributed by atoms with Crippen molar-refractivity contribution in [1.29, 1.82) is 0 Å². The van der Waals surface area contributed by atoms with Crippen LogP contribution >= 0.6 is 0 Å². The minimum atomic E-state index is -0.559. The third kappa shape index (κ3) is 6.70. The fourth-order valence-corrected chi connectivity index (χ4v) is 4.93. The lowest BCUT2D eigenvalue weighted by Crippen LogP contribution is -2.28. The molecular weight excluding hydrogens is 542 g/mol. The summed E-state index contributed by atoms with van der Waals surface area (Å²) >= 11 is 0. The normalized spacial score (nSPS) is 14.2. The van der Waals surface area contributed by atoms with Gasteiger partial charge in [0.15, 0.2) is 5.78 Å². The van der Waals surface area contributed by atoms with Gasteiger partial charge in [0.25, 0.3) is 5.91 Å². The fourth-order valence-electron chi connectivity index (χ4n) is 4.93. The summed E-state index contributed by atoms with van der Waals surface area (Å²) < 4.78 is 1.51. The Balaban J connectivity index is 1.27. The van der Waals surface area contributed by atoms with Crippen LogP contribution in [-0.4, -0.2) is 72.7 Å². The van der Waals surface area contributed by atoms with Crippen molar-refractivity contribution in [2.45, 2.75) is 12.8 Å². The summed E-state index contributed by atoms with van der Waals surface area (Å²) in [5.41, 5.74) is 5.69. The van der Waals surface area contributed by atoms with Gasteiger partial charge in [0.1, 0.15) is 11.6 Å². The number of aryl methyl sites for hydroxylation is 2. The molecule has 0 saturated heterocycles. The highest BCUT2D eigenvalue weighted by molar-refractivity contribution is 6.15. The second-order valence-corrected chi connectivity index (χ2v) is 10.9. The zero-order chi connectivity index (χ0) is 30.7. The predicted molar refractivity (Wildman–Crippen MR) is 170 cm³/mol. The molecule has 5 rings (SSSR count). The van der Waals surface area contributed by atoms with Gasteiger partial charge in [0.2, 0.25) is 5.91 Å². The highest BCUT2D eigenvalue weighted by Gasteiger charge is 2.30. The van der Waals surface area contributed by atoms with E-state index in [0.29, 0.717) is 28.2 Å². The van der Waals surface area contributed by atoms with Gasteiger partial charge in [0.05, 0.1) is 11.4 Å². The molecule has 0 aliphatic carbocycles. The first-order valence-corrected chi connectivity index (χ1v) is 14.0. The van der Waals surface area contributed by atoms with Crippen molar-refractivity contribution in [2.75, 3.05) is 49.8 Å². The van der Waals surface area contributed by atoms with Crippen molar-refractivity contribution in [1.82, 2.24) is 14.7 Å². The summed E-state index contributed by atoms with van der Waals surface area (Å²) in [6, 6.07) is 21.6. The standard InChI is InChI=1S/C33H35N7O3/c1-21-17-30(40(5)37-21)33(43)35-25-8-6-7-22(18-25)31(41)23-9-14-27-28(32(42)36-29(27)19-23)20-34-24-10-12-26(13-11-24)39(4)16-15-38(2)3/h6-14,17-20,28H,15-16H2,1-5H3,(H,35,43)(H,36,42). The third-order valence-corrected chi connectivity index (χ3v) is 7.35. The topological polar surface area (TPSA) is 112 Å². The molecule has 2 N–H and O–H groups in total. The SMILES string of the molecule is Cc1cc(C(=O)Nc2cccc(C(=O)c3ccc4c(c3)NC(=O)C4C=Nc3ccc(N(C)CCN(C)C)cc3)c2)n(C)n1. The maximum absolute atomic E-state index is 13.4. The lowest BCUT2D eigenvalue weighted by atomic mass is 9.97. The molecule has 1 atom stereocenters. The number of carbonyl (C=O) groups is 3. The van der Waals surface area contributed by atoms with E-state index >= 15 is 0 Å². The summed E-state index contributed by atoms with van der Waals surface area (Å²) in [7, 11) is 7.86. The van der Waals surface area contributed by atoms with Gasteiger partial charge in [-0.15, -0.1) is 0 Å². The Labute approximate surface area is 251 Å². The maximum atomic E-state index is 13.4. The quantitative estimate of drug-likeness (QED) is 0.210. The third-order valence-electron chi connectivity index (χ3n) is 7.35. The summed E-state index contributed by atoms with van der Waals surface area (Å²) in [5, 5.41) is 9.92. The average Bonchev–Trinajstić information content (AvgIpc) is 3.50. The number of likely N-dealkylation sites (N-methyl/N-ethyl adjacent to an activating group) is 2. The number of aromatic nitrogens is 2. The number of carbonyl (C=O) groups excluding carboxylic acids is 3. The minimum Gasteiger partial charge on any atom is -0.373 e. The van der Waals surface area contributed by atoms with Gasteiger partial charge < -0.3 is 20.4 Å². The second kappa shape index (κ2) is 12.4. The van der Waals surface area contributed by atoms with Crippen molar-refractivity contribution in [3.63, 3.8) is 0 Å². The molecule has 43 heavy (non-hydrogen) atoms. The molecule has 2 heterocycles. The number of ketones is 1. The highest BCUT2D eigenvalue weighted by Crippen LogP contribution is 2.33. The Morgan fingerprint density at radius 1 is 1.00 bits per heavy atom. The van der Waals surface area contributed by atoms with Crippen LogP contribution in [-0.2, 0) is 11.8 Å². The van der Waals surface area contributed by atoms with E-state index in [1.54, 1.807) is 61.8 Å². The summed E-state index contributed by atoms with van der Waals surface area (Å²) in [6.07, 6.45) is 1.64. The van der Waals surface area contributed by atoms with Gasteiger partial charge in [-0.2, -0.15) is 5.10 Å². The zero-order valence-corrected chi connectivity index (χ0v) is 25.0. The van der Waals surface area contributed by atoms with E-state index in [-0.39, 0.29) is 17.6 Å². The Morgan fingerprint density at radius 3 is 2.44 bits per heavy atom. The maximum Gasteiger partial charge on any atom is 0.273 e. The van der Waals surface area contributed by atoms with Gasteiger partial charge in [-0.05, 0) is 75.1 Å². The van der Waals surface area contributed by atoms with Gasteiger partial charge >= 0.3 is 0 Å². The molecule has 1 aromatic heterocycles. The molecule has 0 radical (unpaired) electrons. The molecule has 0 spiro atoms. The van der Waals surface area contributed by atoms with Crippen molar-refractivity contribution in [3.05, 3.63) is 101 Å². The van der Waals surface area contributed by atoms with Crippen LogP contribution in [0.3, 0.4) is 0 Å². The first kappa shape index (κ1) is 29.4. The number of hydrogen-bond acceptors (Lipinski definition) is 7. The number of nitrogens with zero attached hydrogens (tertiary/aromatic N) is 5. The number of aliphatic imine (C=N–C) groups is 1. The fraction of sp³-hybridized carbons (Fsp3) is 0.242. The molecule has 3 aromatic carbocycles. The van der Waals surface area contributed by atoms with E-state index in [1.165, 1.54) is 4.68 Å². The van der Waals surface area contributed by atoms with Crippen LogP contribution in [0.2, 0.25) is 0 Å². The van der Waals surface area contributed by atoms with E-state index in [1.807, 2.05) is 31.2 Å². The predicted octanol–water partition coefficient (Wildman–Crippen LogP) is 4.65. The van der Waals surface area contributed by atoms with E-state index in [2.05, 4.69) is 51.7 Å². The van der Waals surface area contributed by atoms with Crippen LogP contribution < -0.4 is 15.5 Å². The van der Waals surface area contributed by atoms with E-state index in [4.69, 9.17) is 0 Å². The molecule has 0 bridgehead atoms. The van der Waals surface area contributed by atoms with Crippen LogP contribution in [0.5, 0.6) is 0 Å². The number of hydrogen-bond donors (Lipinski definition) is 2. The minimum absolute atomic E-state index is 0.196. The Bertz CT molecular complexity index is 1710. The first-order valence-electron chi connectivity index (χ1n) is 14.0. The van der Waals surface area contributed by atoms with E-state index in [9.17, 15) is 14.4 Å². The zero-order valence-electron chi connectivity index (χ0n) is 25.0. The summed E-state index contributed by atoms with van der Waals surface area (Å²) in [4.78, 5) is 47.8. The number of benzene rings is 3. The Morgan fingerprint density at radius 2 is 1.74 bits per heavy atom. The summed E-state index contributed by atoms with van der Waals surface area (Å²) in [5.74, 6) is -1.30. The first-order chi connectivity index (χ1) is 20.6. The molecule has 220 valence electrons. The van der Waals surface area contributed by atoms with Crippen LogP contribution in [0.1, 0.15) is 43.6 Å². The molecule has 1 aliphatic rings. The number of nitrogens with one attached hydrogen (secondary N) is 2. The van der Waals surface area contributed by atoms with Crippen molar-refractivity contribution < 1.29 is 14.4 Å². The molecule has 10 nitrogen and oxygen atoms in total. The lowest BCUT2D eigenvalue weighted by Gasteiger charge is -2.21. The summed E-state index contributed by atoms with van der Waals surface area (Å²) in [6.45, 7) is 3.68. The lowest BCUT2D eigenvalue weighted by molar-refractivity contribution is -0.115. The molecule has 4 aromatic rings. The van der Waals surface area contributed by atoms with Gasteiger partial charge in [0, 0.05) is 61.6 Å². The second-order valence-electron chi connectivity index (χ2n) is 10.9. The molecule has 1 aliphatic heterocycles. The number of fused-ring (bicyclic) bond motifs is 1. The van der Waals surface area contributed by atoms with Gasteiger partial charge in [-0.1, -0.05) is 24.3 Å². The van der Waals surface area contributed by atoms with E-state index < -0.39 is 5.92 Å². The molecule has 1 unspecified atom stereocenters. The van der Waals surface area contributed by atoms with Gasteiger partial charge in [-0.25, -0.2) is 0 Å². The van der Waals surface area contributed by atoms with Crippen LogP contribution in [0.25, 0.3) is 0 Å². The van der Waals surface area contributed by atoms with Crippen LogP contribution in [0.15, 0.2) is 77.8 Å². The van der Waals surface area contributed by atoms with Gasteiger partial charge in [-0.3, -0.25) is 24.1 Å². The highest BCUT2D eigenvalue weighted by atomic mass is 16.2. The smallest absolute Gasteiger partial charge is 0.273 e. The van der Waals surface area contributed by atoms with Crippen molar-refractivity contribution in [2.24, 2.45) is 12.0 Å². The average molecular weight is 578 g/mol. The monoisotopic (exact) mass is 577 g/mol. The van der Waals surface area contributed by atoms with Crippen LogP contribution in [0.4, 0.5) is 22.7 Å². The number of anilines is 3. The molecule has 0 fully saturated rings. The van der Waals surface area contributed by atoms with E-state index in [0.717, 1.165) is 35.7 Å². The molecule has 2 amide bonds. The Kier molecular flexibility index (Phi) is 8.49. The number of rotatable bonds is 10. The molecule has 0 saturated carbocycles. The largest absolute Gasteiger partial charge is 0.373 e. The van der Waals surface area contributed by atoms with Crippen molar-refractivity contribution in [3.8, 4) is 0 Å². The number of amides is 2. The molecular formula is C33H35N7O3. The van der Waals surface area contributed by atoms with Crippen molar-refractivity contribution >= 4 is 46.6 Å². The molecule has 10 heteroatoms. The Hall–Kier alpha value is -5.09.